The molecular formula is C12H11N5. The van der Waals surface area contributed by atoms with Crippen LogP contribution in [0.2, 0.25) is 0 Å². The zero-order chi connectivity index (χ0) is 11.7. The fourth-order valence-corrected chi connectivity index (χ4v) is 1.73. The molecule has 3 aromatic rings. The Labute approximate surface area is 98.1 Å². The van der Waals surface area contributed by atoms with Gasteiger partial charge in [0.1, 0.15) is 0 Å². The Balaban J connectivity index is 2.05. The Morgan fingerprint density at radius 2 is 2.06 bits per heavy atom. The predicted octanol–water partition coefficient (Wildman–Crippen LogP) is 2.11. The van der Waals surface area contributed by atoms with Crippen LogP contribution in [-0.4, -0.2) is 20.0 Å². The van der Waals surface area contributed by atoms with Gasteiger partial charge in [-0.3, -0.25) is 4.68 Å². The van der Waals surface area contributed by atoms with Gasteiger partial charge in [-0.1, -0.05) is 18.2 Å². The normalized spacial score (nSPS) is 10.6. The summed E-state index contributed by atoms with van der Waals surface area (Å²) < 4.78 is 1.75. The summed E-state index contributed by atoms with van der Waals surface area (Å²) in [4.78, 5) is 0. The first-order chi connectivity index (χ1) is 8.33. The van der Waals surface area contributed by atoms with E-state index in [1.54, 1.807) is 10.9 Å². The molecule has 0 radical (unpaired) electrons. The molecule has 0 unspecified atom stereocenters. The molecule has 0 aliphatic heterocycles. The van der Waals surface area contributed by atoms with Gasteiger partial charge in [0.2, 0.25) is 0 Å². The molecule has 17 heavy (non-hydrogen) atoms. The van der Waals surface area contributed by atoms with E-state index in [-0.39, 0.29) is 0 Å². The second-order valence-corrected chi connectivity index (χ2v) is 3.78. The van der Waals surface area contributed by atoms with E-state index < -0.39 is 0 Å². The molecule has 0 aliphatic carbocycles. The average Bonchev–Trinajstić information content (AvgIpc) is 2.75. The quantitative estimate of drug-likeness (QED) is 0.725. The zero-order valence-corrected chi connectivity index (χ0v) is 9.33. The Bertz CT molecular complexity index is 653. The molecule has 5 nitrogen and oxygen atoms in total. The molecular weight excluding hydrogens is 214 g/mol. The van der Waals surface area contributed by atoms with Crippen molar-refractivity contribution in [3.8, 4) is 0 Å². The van der Waals surface area contributed by atoms with Gasteiger partial charge < -0.3 is 5.32 Å². The zero-order valence-electron chi connectivity index (χ0n) is 9.33. The molecule has 3 rings (SSSR count). The van der Waals surface area contributed by atoms with Crippen LogP contribution in [0.4, 0.5) is 11.5 Å². The number of aryl methyl sites for hydroxylation is 1. The van der Waals surface area contributed by atoms with Crippen LogP contribution < -0.4 is 5.32 Å². The summed E-state index contributed by atoms with van der Waals surface area (Å²) in [6, 6.07) is 9.78. The highest BCUT2D eigenvalue weighted by molar-refractivity contribution is 5.91. The SMILES string of the molecule is Cn1ccc(Nc2cnnc3ccccc23)n1. The van der Waals surface area contributed by atoms with Crippen LogP contribution >= 0.6 is 0 Å². The van der Waals surface area contributed by atoms with Gasteiger partial charge in [0.15, 0.2) is 5.82 Å². The lowest BCUT2D eigenvalue weighted by Gasteiger charge is -2.05. The molecule has 1 aromatic carbocycles. The minimum absolute atomic E-state index is 0.797. The Hall–Kier alpha value is -2.43. The maximum Gasteiger partial charge on any atom is 0.152 e. The van der Waals surface area contributed by atoms with E-state index in [0.717, 1.165) is 22.4 Å². The first-order valence-corrected chi connectivity index (χ1v) is 5.30. The number of hydrogen-bond acceptors (Lipinski definition) is 4. The van der Waals surface area contributed by atoms with Gasteiger partial charge in [0.25, 0.3) is 0 Å². The molecule has 0 spiro atoms. The molecule has 0 aliphatic rings. The van der Waals surface area contributed by atoms with Crippen LogP contribution in [0.3, 0.4) is 0 Å². The van der Waals surface area contributed by atoms with Gasteiger partial charge in [-0.25, -0.2) is 0 Å². The van der Waals surface area contributed by atoms with Gasteiger partial charge in [0.05, 0.1) is 17.4 Å². The third-order valence-electron chi connectivity index (χ3n) is 2.52. The molecule has 2 aromatic heterocycles. The Kier molecular flexibility index (Phi) is 2.22. The monoisotopic (exact) mass is 225 g/mol. The largest absolute Gasteiger partial charge is 0.337 e. The Morgan fingerprint density at radius 3 is 2.88 bits per heavy atom. The van der Waals surface area contributed by atoms with Gasteiger partial charge in [0, 0.05) is 24.7 Å². The molecule has 0 saturated carbocycles. The number of nitrogens with one attached hydrogen (secondary N) is 1. The minimum atomic E-state index is 0.797. The smallest absolute Gasteiger partial charge is 0.152 e. The van der Waals surface area contributed by atoms with Crippen LogP contribution in [0.15, 0.2) is 42.7 Å². The third kappa shape index (κ3) is 1.82. The summed E-state index contributed by atoms with van der Waals surface area (Å²) in [5.41, 5.74) is 1.78. The molecule has 0 saturated heterocycles. The van der Waals surface area contributed by atoms with Crippen LogP contribution in [0, 0.1) is 0 Å². The van der Waals surface area contributed by atoms with E-state index >= 15 is 0 Å². The fourth-order valence-electron chi connectivity index (χ4n) is 1.73. The van der Waals surface area contributed by atoms with Crippen molar-refractivity contribution in [1.29, 1.82) is 0 Å². The second-order valence-electron chi connectivity index (χ2n) is 3.78. The molecule has 0 atom stereocenters. The van der Waals surface area contributed by atoms with Gasteiger partial charge in [-0.2, -0.15) is 15.3 Å². The van der Waals surface area contributed by atoms with Crippen molar-refractivity contribution in [2.75, 3.05) is 5.32 Å². The summed E-state index contributed by atoms with van der Waals surface area (Å²) in [7, 11) is 1.88. The van der Waals surface area contributed by atoms with Gasteiger partial charge in [-0.05, 0) is 6.07 Å². The first kappa shape index (κ1) is 9.77. The number of aromatic nitrogens is 4. The molecule has 0 amide bonds. The highest BCUT2D eigenvalue weighted by Crippen LogP contribution is 2.22. The van der Waals surface area contributed by atoms with Crippen LogP contribution in [-0.2, 0) is 7.05 Å². The minimum Gasteiger partial charge on any atom is -0.337 e. The van der Waals surface area contributed by atoms with E-state index in [1.807, 2.05) is 43.6 Å². The molecule has 2 heterocycles. The summed E-state index contributed by atoms with van der Waals surface area (Å²) in [6.07, 6.45) is 3.59. The number of fused-ring (bicyclic) bond motifs is 1. The molecule has 0 bridgehead atoms. The van der Waals surface area contributed by atoms with Crippen molar-refractivity contribution in [2.45, 2.75) is 0 Å². The maximum atomic E-state index is 4.27. The van der Waals surface area contributed by atoms with Gasteiger partial charge in [-0.15, -0.1) is 0 Å². The fraction of sp³-hybridized carbons (Fsp3) is 0.0833. The van der Waals surface area contributed by atoms with E-state index in [4.69, 9.17) is 0 Å². The van der Waals surface area contributed by atoms with Crippen molar-refractivity contribution in [1.82, 2.24) is 20.0 Å². The van der Waals surface area contributed by atoms with Crippen molar-refractivity contribution >= 4 is 22.4 Å². The Morgan fingerprint density at radius 1 is 1.18 bits per heavy atom. The highest BCUT2D eigenvalue weighted by atomic mass is 15.3. The van der Waals surface area contributed by atoms with Crippen LogP contribution in [0.25, 0.3) is 10.9 Å². The van der Waals surface area contributed by atoms with Crippen molar-refractivity contribution in [3.63, 3.8) is 0 Å². The van der Waals surface area contributed by atoms with E-state index in [1.165, 1.54) is 0 Å². The van der Waals surface area contributed by atoms with Crippen molar-refractivity contribution in [2.24, 2.45) is 7.05 Å². The molecule has 5 heteroatoms. The standard InChI is InChI=1S/C12H11N5/c1-17-7-6-12(16-17)14-11-8-13-15-10-5-3-2-4-9(10)11/h2-8H,1H3,(H,14,15,16). The van der Waals surface area contributed by atoms with E-state index in [2.05, 4.69) is 20.6 Å². The summed E-state index contributed by atoms with van der Waals surface area (Å²) in [6.45, 7) is 0. The lowest BCUT2D eigenvalue weighted by molar-refractivity contribution is 0.771. The van der Waals surface area contributed by atoms with E-state index in [0.29, 0.717) is 0 Å². The lowest BCUT2D eigenvalue weighted by Crippen LogP contribution is -1.96. The first-order valence-electron chi connectivity index (χ1n) is 5.30. The summed E-state index contributed by atoms with van der Waals surface area (Å²) in [5.74, 6) is 0.797. The number of anilines is 2. The van der Waals surface area contributed by atoms with Crippen LogP contribution in [0.5, 0.6) is 0 Å². The lowest BCUT2D eigenvalue weighted by atomic mass is 10.2. The molecule has 84 valence electrons. The van der Waals surface area contributed by atoms with Crippen LogP contribution in [0.1, 0.15) is 0 Å². The second kappa shape index (κ2) is 3.86. The van der Waals surface area contributed by atoms with Gasteiger partial charge >= 0.3 is 0 Å². The van der Waals surface area contributed by atoms with Crippen molar-refractivity contribution < 1.29 is 0 Å². The maximum absolute atomic E-state index is 4.27. The number of nitrogens with zero attached hydrogens (tertiary/aromatic N) is 4. The predicted molar refractivity (Wildman–Crippen MR) is 66.0 cm³/mol. The highest BCUT2D eigenvalue weighted by Gasteiger charge is 2.03. The number of hydrogen-bond donors (Lipinski definition) is 1. The third-order valence-corrected chi connectivity index (χ3v) is 2.52. The molecule has 1 N–H and O–H groups in total. The van der Waals surface area contributed by atoms with E-state index in [9.17, 15) is 0 Å². The summed E-state index contributed by atoms with van der Waals surface area (Å²) >= 11 is 0. The number of benzene rings is 1. The number of rotatable bonds is 2. The molecule has 0 fully saturated rings. The van der Waals surface area contributed by atoms with Crippen molar-refractivity contribution in [3.05, 3.63) is 42.7 Å². The topological polar surface area (TPSA) is 55.6 Å². The average molecular weight is 225 g/mol. The summed E-state index contributed by atoms with van der Waals surface area (Å²) in [5, 5.41) is 16.6.